The molecule has 0 bridgehead atoms. The van der Waals surface area contributed by atoms with E-state index in [-0.39, 0.29) is 22.9 Å². The Morgan fingerprint density at radius 3 is 2.08 bits per heavy atom. The van der Waals surface area contributed by atoms with Gasteiger partial charge in [-0.2, -0.15) is 4.31 Å². The average molecular weight is 367 g/mol. The van der Waals surface area contributed by atoms with Crippen LogP contribution in [0.25, 0.3) is 0 Å². The highest BCUT2D eigenvalue weighted by Gasteiger charge is 2.23. The van der Waals surface area contributed by atoms with E-state index in [0.717, 1.165) is 25.7 Å². The topological polar surface area (TPSA) is 66.5 Å². The number of amides is 1. The number of carbonyl (C=O) groups excluding carboxylic acids is 1. The van der Waals surface area contributed by atoms with Crippen LogP contribution in [0.4, 0.5) is 0 Å². The van der Waals surface area contributed by atoms with Gasteiger partial charge in [-0.15, -0.1) is 0 Å². The fourth-order valence-corrected chi connectivity index (χ4v) is 4.46. The highest BCUT2D eigenvalue weighted by Crippen LogP contribution is 2.19. The lowest BCUT2D eigenvalue weighted by Gasteiger charge is -2.22. The van der Waals surface area contributed by atoms with Gasteiger partial charge in [0.25, 0.3) is 5.91 Å². The minimum Gasteiger partial charge on any atom is -0.349 e. The van der Waals surface area contributed by atoms with Crippen LogP contribution in [-0.4, -0.2) is 37.8 Å². The van der Waals surface area contributed by atoms with Crippen molar-refractivity contribution in [2.45, 2.75) is 75.8 Å². The molecule has 1 saturated carbocycles. The number of rotatable bonds is 5. The normalized spacial score (nSPS) is 17.3. The largest absolute Gasteiger partial charge is 0.349 e. The lowest BCUT2D eigenvalue weighted by atomic mass is 9.96. The standard InChI is InChI=1S/C19H30N2O3S/c1-15(2)21(3)25(23,24)18-13-11-16(12-14-18)19(22)20-17-9-7-5-4-6-8-10-17/h11-15,17H,4-10H2,1-3H3,(H,20,22). The second kappa shape index (κ2) is 8.81. The molecule has 25 heavy (non-hydrogen) atoms. The summed E-state index contributed by atoms with van der Waals surface area (Å²) in [6.07, 6.45) is 8.13. The maximum atomic E-state index is 12.5. The summed E-state index contributed by atoms with van der Waals surface area (Å²) in [6.45, 7) is 3.66. The first-order valence-corrected chi connectivity index (χ1v) is 10.7. The summed E-state index contributed by atoms with van der Waals surface area (Å²) in [4.78, 5) is 12.7. The molecule has 140 valence electrons. The molecule has 1 fully saturated rings. The van der Waals surface area contributed by atoms with Crippen LogP contribution >= 0.6 is 0 Å². The maximum Gasteiger partial charge on any atom is 0.251 e. The lowest BCUT2D eigenvalue weighted by Crippen LogP contribution is -2.35. The third-order valence-electron chi connectivity index (χ3n) is 4.96. The van der Waals surface area contributed by atoms with Crippen molar-refractivity contribution in [3.63, 3.8) is 0 Å². The first-order valence-electron chi connectivity index (χ1n) is 9.21. The quantitative estimate of drug-likeness (QED) is 0.866. The number of benzene rings is 1. The minimum atomic E-state index is -3.52. The Labute approximate surface area is 151 Å². The molecule has 6 heteroatoms. The van der Waals surface area contributed by atoms with Gasteiger partial charge in [-0.05, 0) is 51.0 Å². The average Bonchev–Trinajstić information content (AvgIpc) is 2.56. The first-order chi connectivity index (χ1) is 11.8. The molecular weight excluding hydrogens is 336 g/mol. The Morgan fingerprint density at radius 1 is 1.04 bits per heavy atom. The van der Waals surface area contributed by atoms with E-state index in [1.54, 1.807) is 19.2 Å². The Morgan fingerprint density at radius 2 is 1.56 bits per heavy atom. The van der Waals surface area contributed by atoms with E-state index >= 15 is 0 Å². The molecule has 1 aliphatic rings. The van der Waals surface area contributed by atoms with Crippen molar-refractivity contribution in [2.24, 2.45) is 0 Å². The van der Waals surface area contributed by atoms with Gasteiger partial charge in [0.05, 0.1) is 4.90 Å². The van der Waals surface area contributed by atoms with Crippen molar-refractivity contribution in [2.75, 3.05) is 7.05 Å². The van der Waals surface area contributed by atoms with Gasteiger partial charge in [0.2, 0.25) is 10.0 Å². The Kier molecular flexibility index (Phi) is 7.02. The predicted octanol–water partition coefficient (Wildman–Crippen LogP) is 3.56. The molecule has 1 amide bonds. The number of nitrogens with one attached hydrogen (secondary N) is 1. The zero-order chi connectivity index (χ0) is 18.4. The van der Waals surface area contributed by atoms with Gasteiger partial charge in [0.1, 0.15) is 0 Å². The van der Waals surface area contributed by atoms with Crippen LogP contribution < -0.4 is 5.32 Å². The summed E-state index contributed by atoms with van der Waals surface area (Å²) in [6, 6.07) is 6.33. The number of nitrogens with zero attached hydrogens (tertiary/aromatic N) is 1. The van der Waals surface area contributed by atoms with Crippen LogP contribution in [0.1, 0.15) is 69.2 Å². The summed E-state index contributed by atoms with van der Waals surface area (Å²) in [5.74, 6) is -0.119. The van der Waals surface area contributed by atoms with Crippen molar-refractivity contribution in [3.05, 3.63) is 29.8 Å². The van der Waals surface area contributed by atoms with E-state index in [1.165, 1.54) is 35.7 Å². The van der Waals surface area contributed by atoms with Gasteiger partial charge in [0, 0.05) is 24.7 Å². The fraction of sp³-hybridized carbons (Fsp3) is 0.632. The second-order valence-electron chi connectivity index (χ2n) is 7.15. The molecule has 0 radical (unpaired) electrons. The van der Waals surface area contributed by atoms with Gasteiger partial charge in [-0.1, -0.05) is 32.1 Å². The minimum absolute atomic E-state index is 0.118. The van der Waals surface area contributed by atoms with Crippen molar-refractivity contribution >= 4 is 15.9 Å². The molecule has 1 aliphatic carbocycles. The van der Waals surface area contributed by atoms with E-state index in [0.29, 0.717) is 5.56 Å². The molecule has 0 heterocycles. The molecule has 0 spiro atoms. The SMILES string of the molecule is CC(C)N(C)S(=O)(=O)c1ccc(C(=O)NC2CCCCCCC2)cc1. The smallest absolute Gasteiger partial charge is 0.251 e. The molecule has 0 aromatic heterocycles. The van der Waals surface area contributed by atoms with Crippen molar-refractivity contribution in [3.8, 4) is 0 Å². The summed E-state index contributed by atoms with van der Waals surface area (Å²) in [7, 11) is -1.95. The maximum absolute atomic E-state index is 12.5. The van der Waals surface area contributed by atoms with E-state index in [4.69, 9.17) is 0 Å². The van der Waals surface area contributed by atoms with Crippen LogP contribution in [-0.2, 0) is 10.0 Å². The number of hydrogen-bond acceptors (Lipinski definition) is 3. The monoisotopic (exact) mass is 366 g/mol. The van der Waals surface area contributed by atoms with Crippen LogP contribution in [0.2, 0.25) is 0 Å². The Bertz CT molecular complexity index is 660. The first kappa shape index (κ1) is 19.9. The summed E-state index contributed by atoms with van der Waals surface area (Å²) >= 11 is 0. The zero-order valence-corrected chi connectivity index (χ0v) is 16.3. The summed E-state index contributed by atoms with van der Waals surface area (Å²) in [5, 5.41) is 3.10. The molecule has 0 unspecified atom stereocenters. The van der Waals surface area contributed by atoms with Crippen LogP contribution in [0.3, 0.4) is 0 Å². The third-order valence-corrected chi connectivity index (χ3v) is 7.01. The van der Waals surface area contributed by atoms with Crippen LogP contribution in [0, 0.1) is 0 Å². The van der Waals surface area contributed by atoms with E-state index < -0.39 is 10.0 Å². The van der Waals surface area contributed by atoms with Crippen molar-refractivity contribution < 1.29 is 13.2 Å². The summed E-state index contributed by atoms with van der Waals surface area (Å²) in [5.41, 5.74) is 0.508. The predicted molar refractivity (Wildman–Crippen MR) is 100 cm³/mol. The van der Waals surface area contributed by atoms with E-state index in [9.17, 15) is 13.2 Å². The molecule has 1 aromatic carbocycles. The highest BCUT2D eigenvalue weighted by molar-refractivity contribution is 7.89. The number of hydrogen-bond donors (Lipinski definition) is 1. The van der Waals surface area contributed by atoms with Crippen molar-refractivity contribution in [1.29, 1.82) is 0 Å². The van der Waals surface area contributed by atoms with Crippen LogP contribution in [0.15, 0.2) is 29.2 Å². The molecule has 0 atom stereocenters. The fourth-order valence-electron chi connectivity index (χ4n) is 3.09. The van der Waals surface area contributed by atoms with Crippen LogP contribution in [0.5, 0.6) is 0 Å². The van der Waals surface area contributed by atoms with Crippen molar-refractivity contribution in [1.82, 2.24) is 9.62 Å². The van der Waals surface area contributed by atoms with E-state index in [2.05, 4.69) is 5.32 Å². The number of carbonyl (C=O) groups is 1. The van der Waals surface area contributed by atoms with Gasteiger partial charge in [0.15, 0.2) is 0 Å². The summed E-state index contributed by atoms with van der Waals surface area (Å²) < 4.78 is 26.3. The molecule has 1 aromatic rings. The van der Waals surface area contributed by atoms with Gasteiger partial charge in [-0.3, -0.25) is 4.79 Å². The molecule has 5 nitrogen and oxygen atoms in total. The highest BCUT2D eigenvalue weighted by atomic mass is 32.2. The van der Waals surface area contributed by atoms with E-state index in [1.807, 2.05) is 13.8 Å². The molecular formula is C19H30N2O3S. The Hall–Kier alpha value is -1.40. The van der Waals surface area contributed by atoms with Gasteiger partial charge >= 0.3 is 0 Å². The third kappa shape index (κ3) is 5.28. The molecule has 0 aliphatic heterocycles. The molecule has 1 N–H and O–H groups in total. The Balaban J connectivity index is 2.04. The van der Waals surface area contributed by atoms with Gasteiger partial charge < -0.3 is 5.32 Å². The van der Waals surface area contributed by atoms with Gasteiger partial charge in [-0.25, -0.2) is 8.42 Å². The zero-order valence-electron chi connectivity index (χ0n) is 15.5. The molecule has 0 saturated heterocycles. The lowest BCUT2D eigenvalue weighted by molar-refractivity contribution is 0.0930. The second-order valence-corrected chi connectivity index (χ2v) is 9.15. The molecule has 2 rings (SSSR count). The number of sulfonamides is 1.